The summed E-state index contributed by atoms with van der Waals surface area (Å²) in [6, 6.07) is 2.73. The van der Waals surface area contributed by atoms with Crippen LogP contribution in [0.15, 0.2) is 30.5 Å². The van der Waals surface area contributed by atoms with Crippen LogP contribution in [0.5, 0.6) is 0 Å². The van der Waals surface area contributed by atoms with Gasteiger partial charge in [0.1, 0.15) is 18.1 Å². The van der Waals surface area contributed by atoms with E-state index in [1.54, 1.807) is 6.20 Å². The number of unbranched alkanes of at least 4 members (excludes halogenated alkanes) is 1. The van der Waals surface area contributed by atoms with Crippen molar-refractivity contribution in [2.24, 2.45) is 11.5 Å². The Labute approximate surface area is 242 Å². The summed E-state index contributed by atoms with van der Waals surface area (Å²) in [4.78, 5) is 65.4. The van der Waals surface area contributed by atoms with Crippen molar-refractivity contribution in [2.75, 3.05) is 18.6 Å². The van der Waals surface area contributed by atoms with E-state index in [1.807, 2.05) is 30.5 Å². The van der Waals surface area contributed by atoms with E-state index in [4.69, 9.17) is 11.5 Å². The van der Waals surface area contributed by atoms with E-state index in [9.17, 15) is 34.2 Å². The third-order valence-corrected chi connectivity index (χ3v) is 7.19. The Morgan fingerprint density at radius 3 is 2.17 bits per heavy atom. The molecule has 0 fully saturated rings. The lowest BCUT2D eigenvalue weighted by Gasteiger charge is -2.25. The molecule has 0 aliphatic rings. The highest BCUT2D eigenvalue weighted by molar-refractivity contribution is 7.98. The number of carboxylic acid groups (broad SMARTS) is 2. The summed E-state index contributed by atoms with van der Waals surface area (Å²) < 4.78 is 0. The van der Waals surface area contributed by atoms with Gasteiger partial charge in [-0.15, -0.1) is 0 Å². The average Bonchev–Trinajstić information content (AvgIpc) is 3.35. The van der Waals surface area contributed by atoms with Gasteiger partial charge < -0.3 is 42.6 Å². The maximum absolute atomic E-state index is 13.2. The Morgan fingerprint density at radius 1 is 0.902 bits per heavy atom. The number of carbonyl (C=O) groups is 5. The summed E-state index contributed by atoms with van der Waals surface area (Å²) in [6.07, 6.45) is 4.69. The van der Waals surface area contributed by atoms with Gasteiger partial charge in [0.2, 0.25) is 17.7 Å². The third-order valence-electron chi connectivity index (χ3n) is 6.54. The lowest BCUT2D eigenvalue weighted by Crippen LogP contribution is -2.57. The number of amides is 3. The first-order chi connectivity index (χ1) is 19.6. The normalized spacial score (nSPS) is 14.0. The molecule has 0 saturated heterocycles. The molecule has 0 spiro atoms. The van der Waals surface area contributed by atoms with Crippen LogP contribution < -0.4 is 27.4 Å². The van der Waals surface area contributed by atoms with Gasteiger partial charge in [0.25, 0.3) is 0 Å². The molecule has 226 valence electrons. The van der Waals surface area contributed by atoms with Crippen LogP contribution in [0.4, 0.5) is 0 Å². The minimum absolute atomic E-state index is 0.0425. The zero-order chi connectivity index (χ0) is 30.4. The van der Waals surface area contributed by atoms with Crippen LogP contribution in [0.1, 0.15) is 44.1 Å². The lowest BCUT2D eigenvalue weighted by atomic mass is 10.0. The number of fused-ring (bicyclic) bond motifs is 1. The number of H-pyrrole nitrogens is 1. The summed E-state index contributed by atoms with van der Waals surface area (Å²) in [7, 11) is 0. The van der Waals surface area contributed by atoms with Gasteiger partial charge in [-0.2, -0.15) is 11.8 Å². The largest absolute Gasteiger partial charge is 0.481 e. The topological polar surface area (TPSA) is 230 Å². The second-order valence-corrected chi connectivity index (χ2v) is 10.7. The van der Waals surface area contributed by atoms with Crippen molar-refractivity contribution in [3.8, 4) is 0 Å². The van der Waals surface area contributed by atoms with Gasteiger partial charge in [-0.1, -0.05) is 24.6 Å². The number of benzene rings is 1. The lowest BCUT2D eigenvalue weighted by molar-refractivity contribution is -0.143. The molecule has 0 bridgehead atoms. The van der Waals surface area contributed by atoms with Crippen molar-refractivity contribution < 1.29 is 34.2 Å². The molecule has 0 aliphatic heterocycles. The van der Waals surface area contributed by atoms with Crippen molar-refractivity contribution in [1.82, 2.24) is 20.9 Å². The first kappa shape index (κ1) is 33.6. The van der Waals surface area contributed by atoms with Gasteiger partial charge in [-0.25, -0.2) is 4.79 Å². The van der Waals surface area contributed by atoms with Gasteiger partial charge in [0, 0.05) is 29.9 Å². The van der Waals surface area contributed by atoms with Crippen molar-refractivity contribution >= 4 is 52.3 Å². The number of para-hydroxylation sites is 1. The number of hydrogen-bond acceptors (Lipinski definition) is 8. The zero-order valence-corrected chi connectivity index (χ0v) is 23.9. The zero-order valence-electron chi connectivity index (χ0n) is 23.1. The Balaban J connectivity index is 2.16. The molecule has 2 aromatic rings. The molecule has 1 aromatic heterocycles. The van der Waals surface area contributed by atoms with Gasteiger partial charge >= 0.3 is 11.9 Å². The van der Waals surface area contributed by atoms with Crippen molar-refractivity contribution in [2.45, 2.75) is 69.1 Å². The van der Waals surface area contributed by atoms with Crippen LogP contribution in [0.2, 0.25) is 0 Å². The molecule has 4 atom stereocenters. The predicted octanol–water partition coefficient (Wildman–Crippen LogP) is 0.324. The van der Waals surface area contributed by atoms with Crippen LogP contribution in [0.3, 0.4) is 0 Å². The quantitative estimate of drug-likeness (QED) is 0.104. The van der Waals surface area contributed by atoms with Crippen molar-refractivity contribution in [3.05, 3.63) is 36.0 Å². The van der Waals surface area contributed by atoms with Crippen LogP contribution in [-0.4, -0.2) is 87.6 Å². The van der Waals surface area contributed by atoms with Gasteiger partial charge in [0.05, 0.1) is 6.04 Å². The summed E-state index contributed by atoms with van der Waals surface area (Å²) in [6.45, 7) is 0.470. The number of carbonyl (C=O) groups excluding carboxylic acids is 3. The predicted molar refractivity (Wildman–Crippen MR) is 156 cm³/mol. The van der Waals surface area contributed by atoms with Gasteiger partial charge in [-0.05, 0) is 55.9 Å². The second-order valence-electron chi connectivity index (χ2n) is 9.69. The summed E-state index contributed by atoms with van der Waals surface area (Å²) in [5, 5.41) is 27.4. The third kappa shape index (κ3) is 11.1. The van der Waals surface area contributed by atoms with Gasteiger partial charge in [0.15, 0.2) is 0 Å². The number of aromatic nitrogens is 1. The summed E-state index contributed by atoms with van der Waals surface area (Å²) >= 11 is 1.45. The number of thioether (sulfide) groups is 1. The van der Waals surface area contributed by atoms with Crippen molar-refractivity contribution in [1.29, 1.82) is 0 Å². The van der Waals surface area contributed by atoms with E-state index in [1.165, 1.54) is 11.8 Å². The highest BCUT2D eigenvalue weighted by atomic mass is 32.2. The Kier molecular flexibility index (Phi) is 14.1. The molecule has 13 nitrogen and oxygen atoms in total. The number of aromatic amines is 1. The number of nitrogens with two attached hydrogens (primary N) is 2. The Hall–Kier alpha value is -3.62. The fourth-order valence-electron chi connectivity index (χ4n) is 4.22. The fourth-order valence-corrected chi connectivity index (χ4v) is 4.70. The molecule has 1 heterocycles. The van der Waals surface area contributed by atoms with E-state index < -0.39 is 60.2 Å². The van der Waals surface area contributed by atoms with Crippen LogP contribution in [0, 0.1) is 0 Å². The maximum Gasteiger partial charge on any atom is 0.326 e. The van der Waals surface area contributed by atoms with Crippen LogP contribution in [-0.2, 0) is 30.4 Å². The van der Waals surface area contributed by atoms with Crippen LogP contribution >= 0.6 is 11.8 Å². The molecule has 4 unspecified atom stereocenters. The van der Waals surface area contributed by atoms with E-state index in [2.05, 4.69) is 20.9 Å². The smallest absolute Gasteiger partial charge is 0.326 e. The molecular formula is C27H40N6O7S. The number of hydrogen-bond donors (Lipinski definition) is 8. The molecule has 0 aliphatic carbocycles. The highest BCUT2D eigenvalue weighted by Gasteiger charge is 2.31. The summed E-state index contributed by atoms with van der Waals surface area (Å²) in [5.74, 6) is -4.05. The van der Waals surface area contributed by atoms with E-state index in [-0.39, 0.29) is 19.3 Å². The highest BCUT2D eigenvalue weighted by Crippen LogP contribution is 2.19. The molecule has 10 N–H and O–H groups in total. The number of carboxylic acids is 2. The standard InChI is InChI=1S/C27H40N6O7S/c1-41-13-11-21(31-24(36)18(29)7-4-5-12-28)26(38)32-20(9-10-23(34)35)25(37)33-22(27(39)40)14-16-15-30-19-8-3-2-6-17(16)19/h2-3,6,8,15,18,20-22,30H,4-5,7,9-14,28-29H2,1H3,(H,31,36)(H,32,38)(H,33,37)(H,34,35)(H,39,40). The van der Waals surface area contributed by atoms with E-state index in [0.29, 0.717) is 37.1 Å². The maximum atomic E-state index is 13.2. The molecular weight excluding hydrogens is 552 g/mol. The fraction of sp³-hybridized carbons (Fsp3) is 0.519. The SMILES string of the molecule is CSCCC(NC(=O)C(N)CCCCN)C(=O)NC(CCC(=O)O)C(=O)NC(Cc1c[nH]c2ccccc12)C(=O)O. The van der Waals surface area contributed by atoms with E-state index >= 15 is 0 Å². The minimum Gasteiger partial charge on any atom is -0.481 e. The molecule has 1 aromatic carbocycles. The van der Waals surface area contributed by atoms with Gasteiger partial charge in [-0.3, -0.25) is 19.2 Å². The van der Waals surface area contributed by atoms with E-state index in [0.717, 1.165) is 10.9 Å². The first-order valence-electron chi connectivity index (χ1n) is 13.4. The molecule has 2 rings (SSSR count). The molecule has 0 saturated carbocycles. The number of nitrogens with one attached hydrogen (secondary N) is 4. The Bertz CT molecular complexity index is 1190. The molecule has 0 radical (unpaired) electrons. The molecule has 14 heteroatoms. The van der Waals surface area contributed by atoms with Crippen LogP contribution in [0.25, 0.3) is 10.9 Å². The monoisotopic (exact) mass is 592 g/mol. The number of rotatable bonds is 19. The summed E-state index contributed by atoms with van der Waals surface area (Å²) in [5.41, 5.74) is 12.9. The molecule has 3 amide bonds. The average molecular weight is 593 g/mol. The first-order valence-corrected chi connectivity index (χ1v) is 14.8. The molecule has 41 heavy (non-hydrogen) atoms. The van der Waals surface area contributed by atoms with Crippen molar-refractivity contribution in [3.63, 3.8) is 0 Å². The second kappa shape index (κ2) is 17.3. The Morgan fingerprint density at radius 2 is 1.54 bits per heavy atom. The number of aliphatic carboxylic acids is 2. The minimum atomic E-state index is -1.35.